The van der Waals surface area contributed by atoms with Crippen molar-refractivity contribution in [2.75, 3.05) is 39.5 Å². The number of hydrogen-bond donors (Lipinski definition) is 1. The molecule has 4 heteroatoms. The van der Waals surface area contributed by atoms with Crippen LogP contribution in [0.15, 0.2) is 0 Å². The Balaban J connectivity index is 1.40. The average Bonchev–Trinajstić information content (AvgIpc) is 2.81. The maximum absolute atomic E-state index is 10.2. The standard InChI is InChI=1S/C18H33NO3/c1-17(2)14-4-6-18(17,3)16(12-14)22-9-5-15(20)13-19-7-10-21-11-8-19/h14-16,20H,4-13H2,1-3H3. The maximum atomic E-state index is 10.2. The molecule has 2 bridgehead atoms. The monoisotopic (exact) mass is 311 g/mol. The third-order valence-electron chi connectivity index (χ3n) is 7.06. The van der Waals surface area contributed by atoms with Crippen molar-refractivity contribution in [3.63, 3.8) is 0 Å². The van der Waals surface area contributed by atoms with Crippen molar-refractivity contribution in [3.05, 3.63) is 0 Å². The van der Waals surface area contributed by atoms with Gasteiger partial charge in [0, 0.05) is 26.2 Å². The number of rotatable bonds is 6. The maximum Gasteiger partial charge on any atom is 0.0689 e. The van der Waals surface area contributed by atoms with Crippen LogP contribution in [0.1, 0.15) is 46.5 Å². The van der Waals surface area contributed by atoms with Crippen LogP contribution in [-0.4, -0.2) is 61.7 Å². The predicted molar refractivity (Wildman–Crippen MR) is 86.9 cm³/mol. The number of aliphatic hydroxyl groups excluding tert-OH is 1. The molecule has 3 aliphatic rings. The number of fused-ring (bicyclic) bond motifs is 2. The largest absolute Gasteiger partial charge is 0.392 e. The third-order valence-corrected chi connectivity index (χ3v) is 7.06. The second-order valence-electron chi connectivity index (χ2n) is 8.33. The lowest BCUT2D eigenvalue weighted by Gasteiger charge is -2.39. The molecule has 0 aromatic heterocycles. The Morgan fingerprint density at radius 3 is 2.59 bits per heavy atom. The molecule has 3 fully saturated rings. The molecule has 3 rings (SSSR count). The molecule has 1 N–H and O–H groups in total. The van der Waals surface area contributed by atoms with Gasteiger partial charge in [-0.1, -0.05) is 20.8 Å². The van der Waals surface area contributed by atoms with E-state index in [2.05, 4.69) is 25.7 Å². The number of β-amino-alcohol motifs (C(OH)–C–C–N with tert-alkyl or cyclic N) is 1. The van der Waals surface area contributed by atoms with Crippen LogP contribution in [0.25, 0.3) is 0 Å². The van der Waals surface area contributed by atoms with E-state index in [1.54, 1.807) is 0 Å². The Labute approximate surface area is 135 Å². The van der Waals surface area contributed by atoms with Gasteiger partial charge in [-0.3, -0.25) is 4.90 Å². The summed E-state index contributed by atoms with van der Waals surface area (Å²) < 4.78 is 11.6. The van der Waals surface area contributed by atoms with Gasteiger partial charge in [-0.25, -0.2) is 0 Å². The van der Waals surface area contributed by atoms with Crippen LogP contribution in [0.4, 0.5) is 0 Å². The summed E-state index contributed by atoms with van der Waals surface area (Å²) in [5.41, 5.74) is 0.733. The molecule has 22 heavy (non-hydrogen) atoms. The summed E-state index contributed by atoms with van der Waals surface area (Å²) in [4.78, 5) is 2.29. The van der Waals surface area contributed by atoms with Gasteiger partial charge in [-0.15, -0.1) is 0 Å². The van der Waals surface area contributed by atoms with Crippen LogP contribution in [-0.2, 0) is 9.47 Å². The predicted octanol–water partition coefficient (Wildman–Crippen LogP) is 2.30. The molecule has 128 valence electrons. The minimum atomic E-state index is -0.280. The van der Waals surface area contributed by atoms with Crippen molar-refractivity contribution in [2.24, 2.45) is 16.7 Å². The van der Waals surface area contributed by atoms with Crippen molar-refractivity contribution >= 4 is 0 Å². The van der Waals surface area contributed by atoms with Gasteiger partial charge in [-0.05, 0) is 42.4 Å². The summed E-state index contributed by atoms with van der Waals surface area (Å²) in [5, 5.41) is 10.2. The Hall–Kier alpha value is -0.160. The quantitative estimate of drug-likeness (QED) is 0.817. The zero-order valence-electron chi connectivity index (χ0n) is 14.5. The molecule has 0 amide bonds. The van der Waals surface area contributed by atoms with E-state index in [0.717, 1.165) is 45.2 Å². The first-order valence-electron chi connectivity index (χ1n) is 9.03. The highest BCUT2D eigenvalue weighted by Gasteiger charge is 2.61. The van der Waals surface area contributed by atoms with Gasteiger partial charge in [0.05, 0.1) is 25.4 Å². The molecular formula is C18H33NO3. The molecule has 1 aliphatic heterocycles. The molecule has 0 spiro atoms. The fraction of sp³-hybridized carbons (Fsp3) is 1.00. The van der Waals surface area contributed by atoms with Crippen LogP contribution < -0.4 is 0 Å². The summed E-state index contributed by atoms with van der Waals surface area (Å²) in [6, 6.07) is 0. The van der Waals surface area contributed by atoms with Gasteiger partial charge in [-0.2, -0.15) is 0 Å². The summed E-state index contributed by atoms with van der Waals surface area (Å²) in [5.74, 6) is 0.820. The van der Waals surface area contributed by atoms with Crippen molar-refractivity contribution < 1.29 is 14.6 Å². The number of morpholine rings is 1. The zero-order chi connectivity index (χ0) is 15.8. The van der Waals surface area contributed by atoms with Crippen LogP contribution in [0, 0.1) is 16.7 Å². The van der Waals surface area contributed by atoms with E-state index in [9.17, 15) is 5.11 Å². The topological polar surface area (TPSA) is 41.9 Å². The van der Waals surface area contributed by atoms with E-state index in [0.29, 0.717) is 23.5 Å². The first-order valence-corrected chi connectivity index (χ1v) is 9.03. The van der Waals surface area contributed by atoms with Gasteiger partial charge in [0.15, 0.2) is 0 Å². The highest BCUT2D eigenvalue weighted by Crippen LogP contribution is 2.66. The van der Waals surface area contributed by atoms with Crippen molar-refractivity contribution in [3.8, 4) is 0 Å². The van der Waals surface area contributed by atoms with Gasteiger partial charge in [0.1, 0.15) is 0 Å². The van der Waals surface area contributed by atoms with Crippen LogP contribution in [0.2, 0.25) is 0 Å². The molecule has 1 saturated heterocycles. The smallest absolute Gasteiger partial charge is 0.0689 e. The van der Waals surface area contributed by atoms with Crippen molar-refractivity contribution in [1.29, 1.82) is 0 Å². The molecule has 2 aliphatic carbocycles. The van der Waals surface area contributed by atoms with Crippen LogP contribution in [0.5, 0.6) is 0 Å². The normalized spacial score (nSPS) is 39.3. The Bertz CT molecular complexity index is 381. The fourth-order valence-corrected chi connectivity index (χ4v) is 4.90. The summed E-state index contributed by atoms with van der Waals surface area (Å²) in [6.07, 6.45) is 4.72. The minimum absolute atomic E-state index is 0.280. The van der Waals surface area contributed by atoms with E-state index < -0.39 is 0 Å². The molecule has 0 aromatic rings. The van der Waals surface area contributed by atoms with Gasteiger partial charge >= 0.3 is 0 Å². The molecule has 0 aromatic carbocycles. The minimum Gasteiger partial charge on any atom is -0.392 e. The van der Waals surface area contributed by atoms with E-state index in [4.69, 9.17) is 9.47 Å². The van der Waals surface area contributed by atoms with Crippen LogP contribution in [0.3, 0.4) is 0 Å². The van der Waals surface area contributed by atoms with E-state index >= 15 is 0 Å². The molecular weight excluding hydrogens is 278 g/mol. The highest BCUT2D eigenvalue weighted by atomic mass is 16.5. The van der Waals surface area contributed by atoms with E-state index in [1.165, 1.54) is 19.3 Å². The highest BCUT2D eigenvalue weighted by molar-refractivity contribution is 5.11. The number of aliphatic hydroxyl groups is 1. The summed E-state index contributed by atoms with van der Waals surface area (Å²) >= 11 is 0. The molecule has 4 nitrogen and oxygen atoms in total. The Morgan fingerprint density at radius 1 is 1.27 bits per heavy atom. The number of nitrogens with zero attached hydrogens (tertiary/aromatic N) is 1. The fourth-order valence-electron chi connectivity index (χ4n) is 4.90. The van der Waals surface area contributed by atoms with Crippen molar-refractivity contribution in [2.45, 2.75) is 58.7 Å². The Kier molecular flexibility index (Phi) is 4.84. The average molecular weight is 311 g/mol. The first-order chi connectivity index (χ1) is 10.4. The lowest BCUT2D eigenvalue weighted by Crippen LogP contribution is -2.41. The van der Waals surface area contributed by atoms with E-state index in [-0.39, 0.29) is 6.10 Å². The van der Waals surface area contributed by atoms with E-state index in [1.807, 2.05) is 0 Å². The lowest BCUT2D eigenvalue weighted by molar-refractivity contribution is -0.0583. The zero-order valence-corrected chi connectivity index (χ0v) is 14.5. The number of hydrogen-bond acceptors (Lipinski definition) is 4. The summed E-state index contributed by atoms with van der Waals surface area (Å²) in [6.45, 7) is 12.2. The number of ether oxygens (including phenoxy) is 2. The molecule has 4 atom stereocenters. The molecule has 2 saturated carbocycles. The van der Waals surface area contributed by atoms with Gasteiger partial charge in [0.2, 0.25) is 0 Å². The SMILES string of the molecule is CC1(C)C2CCC1(C)C(OCCC(O)CN1CCOCC1)C2. The summed E-state index contributed by atoms with van der Waals surface area (Å²) in [7, 11) is 0. The molecule has 1 heterocycles. The Morgan fingerprint density at radius 2 is 2.00 bits per heavy atom. The first kappa shape index (κ1) is 16.7. The second-order valence-corrected chi connectivity index (χ2v) is 8.33. The van der Waals surface area contributed by atoms with Gasteiger partial charge < -0.3 is 14.6 Å². The molecule has 0 radical (unpaired) electrons. The third kappa shape index (κ3) is 2.95. The van der Waals surface area contributed by atoms with Crippen molar-refractivity contribution in [1.82, 2.24) is 4.90 Å². The van der Waals surface area contributed by atoms with Crippen LogP contribution >= 0.6 is 0 Å². The molecule has 4 unspecified atom stereocenters. The lowest BCUT2D eigenvalue weighted by atomic mass is 9.70. The second kappa shape index (κ2) is 6.39. The van der Waals surface area contributed by atoms with Gasteiger partial charge in [0.25, 0.3) is 0 Å².